The molecular weight excluding hydrogens is 244 g/mol. The van der Waals surface area contributed by atoms with Gasteiger partial charge in [-0.1, -0.05) is 38.5 Å². The Kier molecular flexibility index (Phi) is 5.78. The van der Waals surface area contributed by atoms with Crippen LogP contribution in [0.15, 0.2) is 0 Å². The number of rotatable bonds is 5. The summed E-state index contributed by atoms with van der Waals surface area (Å²) < 4.78 is 0. The number of hydrogen-bond donors (Lipinski definition) is 1. The molecule has 2 aliphatic carbocycles. The zero-order valence-electron chi connectivity index (χ0n) is 13.3. The molecule has 1 unspecified atom stereocenters. The molecule has 0 aromatic carbocycles. The SMILES string of the molecule is C1CCC(N(CCC2CCNC2)C2CCCCC2)CC1. The van der Waals surface area contributed by atoms with E-state index in [4.69, 9.17) is 0 Å². The quantitative estimate of drug-likeness (QED) is 0.819. The molecule has 1 saturated heterocycles. The van der Waals surface area contributed by atoms with E-state index in [-0.39, 0.29) is 0 Å². The summed E-state index contributed by atoms with van der Waals surface area (Å²) in [5.41, 5.74) is 0. The molecule has 0 bridgehead atoms. The minimum atomic E-state index is 0.932. The Bertz CT molecular complexity index is 243. The van der Waals surface area contributed by atoms with E-state index in [1.807, 2.05) is 0 Å². The Morgan fingerprint density at radius 1 is 0.750 bits per heavy atom. The van der Waals surface area contributed by atoms with Gasteiger partial charge < -0.3 is 5.32 Å². The normalized spacial score (nSPS) is 30.1. The van der Waals surface area contributed by atoms with Gasteiger partial charge in [0.25, 0.3) is 0 Å². The van der Waals surface area contributed by atoms with Gasteiger partial charge in [-0.05, 0) is 64.1 Å². The molecule has 0 spiro atoms. The Hall–Kier alpha value is -0.0800. The molecule has 0 aromatic heterocycles. The van der Waals surface area contributed by atoms with Crippen LogP contribution in [0.5, 0.6) is 0 Å². The molecule has 0 aromatic rings. The Balaban J connectivity index is 1.55. The fourth-order valence-electron chi connectivity index (χ4n) is 4.78. The summed E-state index contributed by atoms with van der Waals surface area (Å²) in [7, 11) is 0. The van der Waals surface area contributed by atoms with Crippen molar-refractivity contribution in [3.05, 3.63) is 0 Å². The molecule has 3 fully saturated rings. The van der Waals surface area contributed by atoms with Gasteiger partial charge in [0.15, 0.2) is 0 Å². The smallest absolute Gasteiger partial charge is 0.00981 e. The average molecular weight is 278 g/mol. The monoisotopic (exact) mass is 278 g/mol. The van der Waals surface area contributed by atoms with Gasteiger partial charge in [-0.15, -0.1) is 0 Å². The highest BCUT2D eigenvalue weighted by Gasteiger charge is 2.29. The molecule has 0 radical (unpaired) electrons. The van der Waals surface area contributed by atoms with Crippen LogP contribution < -0.4 is 5.32 Å². The molecule has 1 aliphatic heterocycles. The number of nitrogens with one attached hydrogen (secondary N) is 1. The van der Waals surface area contributed by atoms with Crippen LogP contribution in [0, 0.1) is 5.92 Å². The average Bonchev–Trinajstić information content (AvgIpc) is 3.03. The first kappa shape index (κ1) is 14.8. The summed E-state index contributed by atoms with van der Waals surface area (Å²) in [6.07, 6.45) is 17.7. The summed E-state index contributed by atoms with van der Waals surface area (Å²) in [5.74, 6) is 0.963. The van der Waals surface area contributed by atoms with E-state index in [1.165, 1.54) is 96.7 Å². The molecule has 1 atom stereocenters. The molecule has 1 heterocycles. The van der Waals surface area contributed by atoms with E-state index >= 15 is 0 Å². The molecule has 20 heavy (non-hydrogen) atoms. The summed E-state index contributed by atoms with van der Waals surface area (Å²) in [5, 5.41) is 3.54. The van der Waals surface area contributed by atoms with E-state index in [2.05, 4.69) is 10.2 Å². The van der Waals surface area contributed by atoms with Crippen molar-refractivity contribution >= 4 is 0 Å². The molecule has 2 heteroatoms. The van der Waals surface area contributed by atoms with Gasteiger partial charge in [0.2, 0.25) is 0 Å². The maximum atomic E-state index is 3.54. The van der Waals surface area contributed by atoms with E-state index in [0.717, 1.165) is 18.0 Å². The van der Waals surface area contributed by atoms with Crippen LogP contribution in [0.2, 0.25) is 0 Å². The highest BCUT2D eigenvalue weighted by atomic mass is 15.2. The molecule has 2 nitrogen and oxygen atoms in total. The largest absolute Gasteiger partial charge is 0.316 e. The van der Waals surface area contributed by atoms with Gasteiger partial charge in [0.1, 0.15) is 0 Å². The fourth-order valence-corrected chi connectivity index (χ4v) is 4.78. The summed E-state index contributed by atoms with van der Waals surface area (Å²) >= 11 is 0. The van der Waals surface area contributed by atoms with Gasteiger partial charge in [-0.2, -0.15) is 0 Å². The second-order valence-corrected chi connectivity index (χ2v) is 7.47. The number of nitrogens with zero attached hydrogens (tertiary/aromatic N) is 1. The molecular formula is C18H34N2. The molecule has 116 valence electrons. The summed E-state index contributed by atoms with van der Waals surface area (Å²) in [6.45, 7) is 3.93. The lowest BCUT2D eigenvalue weighted by molar-refractivity contribution is 0.0753. The van der Waals surface area contributed by atoms with Crippen LogP contribution in [-0.4, -0.2) is 36.6 Å². The Morgan fingerprint density at radius 3 is 1.85 bits per heavy atom. The van der Waals surface area contributed by atoms with Crippen molar-refractivity contribution in [3.63, 3.8) is 0 Å². The Labute approximate surface area is 125 Å². The second-order valence-electron chi connectivity index (χ2n) is 7.47. The van der Waals surface area contributed by atoms with Crippen LogP contribution in [-0.2, 0) is 0 Å². The molecule has 2 saturated carbocycles. The topological polar surface area (TPSA) is 15.3 Å². The van der Waals surface area contributed by atoms with Gasteiger partial charge in [0, 0.05) is 12.1 Å². The van der Waals surface area contributed by atoms with Gasteiger partial charge in [-0.3, -0.25) is 4.90 Å². The second kappa shape index (κ2) is 7.79. The van der Waals surface area contributed by atoms with Crippen molar-refractivity contribution in [2.24, 2.45) is 5.92 Å². The summed E-state index contributed by atoms with van der Waals surface area (Å²) in [6, 6.07) is 1.86. The van der Waals surface area contributed by atoms with Crippen molar-refractivity contribution in [1.29, 1.82) is 0 Å². The third kappa shape index (κ3) is 3.98. The van der Waals surface area contributed by atoms with Crippen molar-refractivity contribution in [2.75, 3.05) is 19.6 Å². The summed E-state index contributed by atoms with van der Waals surface area (Å²) in [4.78, 5) is 2.98. The van der Waals surface area contributed by atoms with Gasteiger partial charge in [-0.25, -0.2) is 0 Å². The first-order valence-electron chi connectivity index (χ1n) is 9.40. The van der Waals surface area contributed by atoms with Crippen LogP contribution in [0.1, 0.15) is 77.0 Å². The van der Waals surface area contributed by atoms with E-state index in [0.29, 0.717) is 0 Å². The highest BCUT2D eigenvalue weighted by Crippen LogP contribution is 2.31. The van der Waals surface area contributed by atoms with Crippen LogP contribution in [0.25, 0.3) is 0 Å². The minimum absolute atomic E-state index is 0.932. The Morgan fingerprint density at radius 2 is 1.35 bits per heavy atom. The van der Waals surface area contributed by atoms with Crippen molar-refractivity contribution in [3.8, 4) is 0 Å². The van der Waals surface area contributed by atoms with Crippen LogP contribution in [0.3, 0.4) is 0 Å². The maximum Gasteiger partial charge on any atom is 0.00981 e. The zero-order chi connectivity index (χ0) is 13.6. The predicted octanol–water partition coefficient (Wildman–Crippen LogP) is 3.95. The minimum Gasteiger partial charge on any atom is -0.316 e. The van der Waals surface area contributed by atoms with Crippen molar-refractivity contribution in [1.82, 2.24) is 10.2 Å². The fraction of sp³-hybridized carbons (Fsp3) is 1.00. The van der Waals surface area contributed by atoms with E-state index in [9.17, 15) is 0 Å². The zero-order valence-corrected chi connectivity index (χ0v) is 13.3. The third-order valence-electron chi connectivity index (χ3n) is 6.05. The first-order chi connectivity index (χ1) is 9.93. The van der Waals surface area contributed by atoms with Crippen molar-refractivity contribution in [2.45, 2.75) is 89.1 Å². The van der Waals surface area contributed by atoms with Crippen LogP contribution in [0.4, 0.5) is 0 Å². The molecule has 3 rings (SSSR count). The highest BCUT2D eigenvalue weighted by molar-refractivity contribution is 4.85. The van der Waals surface area contributed by atoms with Gasteiger partial charge >= 0.3 is 0 Å². The lowest BCUT2D eigenvalue weighted by atomic mass is 9.88. The van der Waals surface area contributed by atoms with Gasteiger partial charge in [0.05, 0.1) is 0 Å². The lowest BCUT2D eigenvalue weighted by Crippen LogP contribution is -2.46. The standard InChI is InChI=1S/C18H34N2/c1-3-7-17(8-4-1)20(18-9-5-2-6-10-18)14-12-16-11-13-19-15-16/h16-19H,1-15H2. The van der Waals surface area contributed by atoms with Crippen molar-refractivity contribution < 1.29 is 0 Å². The van der Waals surface area contributed by atoms with E-state index in [1.54, 1.807) is 0 Å². The molecule has 3 aliphatic rings. The number of hydrogen-bond acceptors (Lipinski definition) is 2. The van der Waals surface area contributed by atoms with E-state index < -0.39 is 0 Å². The lowest BCUT2D eigenvalue weighted by Gasteiger charge is -2.42. The maximum absolute atomic E-state index is 3.54. The third-order valence-corrected chi connectivity index (χ3v) is 6.05. The molecule has 0 amide bonds. The first-order valence-corrected chi connectivity index (χ1v) is 9.40. The molecule has 1 N–H and O–H groups in total. The van der Waals surface area contributed by atoms with Crippen LogP contribution >= 0.6 is 0 Å². The predicted molar refractivity (Wildman–Crippen MR) is 86.0 cm³/mol.